The maximum atomic E-state index is 12.4. The molecule has 31 heavy (non-hydrogen) atoms. The monoisotopic (exact) mass is 440 g/mol. The number of aromatic carboxylic acids is 1. The van der Waals surface area contributed by atoms with E-state index < -0.39 is 23.9 Å². The number of carboxylic acid groups (broad SMARTS) is 2. The number of carbonyl (C=O) groups excluding carboxylic acids is 1. The summed E-state index contributed by atoms with van der Waals surface area (Å²) in [5, 5.41) is 18.9. The maximum Gasteiger partial charge on any atom is 0.344 e. The van der Waals surface area contributed by atoms with Gasteiger partial charge in [0.15, 0.2) is 11.3 Å². The zero-order chi connectivity index (χ0) is 22.5. The molecule has 3 rings (SSSR count). The summed E-state index contributed by atoms with van der Waals surface area (Å²) >= 11 is 1.13. The van der Waals surface area contributed by atoms with Crippen molar-refractivity contribution in [3.8, 4) is 5.75 Å². The fourth-order valence-electron chi connectivity index (χ4n) is 2.89. The largest absolute Gasteiger partial charge is 0.479 e. The molecule has 0 saturated carbocycles. The van der Waals surface area contributed by atoms with E-state index in [4.69, 9.17) is 9.84 Å². The van der Waals surface area contributed by atoms with E-state index in [0.29, 0.717) is 33.5 Å². The van der Waals surface area contributed by atoms with Gasteiger partial charge < -0.3 is 19.8 Å². The highest BCUT2D eigenvalue weighted by Crippen LogP contribution is 2.33. The Morgan fingerprint density at radius 2 is 1.94 bits per heavy atom. The Morgan fingerprint density at radius 1 is 1.19 bits per heavy atom. The van der Waals surface area contributed by atoms with Gasteiger partial charge in [0.05, 0.1) is 16.2 Å². The van der Waals surface area contributed by atoms with Crippen molar-refractivity contribution in [1.82, 2.24) is 0 Å². The smallest absolute Gasteiger partial charge is 0.344 e. The van der Waals surface area contributed by atoms with Crippen molar-refractivity contribution in [3.05, 3.63) is 64.6 Å². The second-order valence-corrected chi connectivity index (χ2v) is 7.63. The molecule has 0 aromatic heterocycles. The number of ether oxygens (including phenoxy) is 1. The van der Waals surface area contributed by atoms with Crippen molar-refractivity contribution in [2.75, 3.05) is 11.9 Å². The molecule has 1 unspecified atom stereocenters. The third-order valence-electron chi connectivity index (χ3n) is 4.47. The van der Waals surface area contributed by atoms with Crippen LogP contribution in [0.4, 0.5) is 5.69 Å². The number of aliphatic imine (C=N–C) groups is 1. The molecule has 0 saturated heterocycles. The molecule has 1 aliphatic heterocycles. The quantitative estimate of drug-likeness (QED) is 0.626. The van der Waals surface area contributed by atoms with Crippen LogP contribution in [0.15, 0.2) is 58.4 Å². The van der Waals surface area contributed by atoms with Crippen LogP contribution in [0.25, 0.3) is 6.08 Å². The van der Waals surface area contributed by atoms with Gasteiger partial charge in [0, 0.05) is 7.05 Å². The molecule has 1 heterocycles. The van der Waals surface area contributed by atoms with Crippen molar-refractivity contribution in [2.45, 2.75) is 19.4 Å². The lowest BCUT2D eigenvalue weighted by Gasteiger charge is -2.19. The number of nitrogens with zero attached hydrogens (tertiary/aromatic N) is 2. The SMILES string of the molecule is CCC(Oc1cccc(/C=C2\SC(N(C)c3ccccc3C(=O)O)=NC2=O)c1)C(=O)O. The fourth-order valence-corrected chi connectivity index (χ4v) is 3.78. The van der Waals surface area contributed by atoms with E-state index in [1.165, 1.54) is 6.07 Å². The van der Waals surface area contributed by atoms with Crippen molar-refractivity contribution < 1.29 is 29.3 Å². The average molecular weight is 440 g/mol. The summed E-state index contributed by atoms with van der Waals surface area (Å²) in [5.41, 5.74) is 1.18. The molecule has 1 amide bonds. The summed E-state index contributed by atoms with van der Waals surface area (Å²) in [4.78, 5) is 41.0. The van der Waals surface area contributed by atoms with E-state index in [0.717, 1.165) is 11.8 Å². The van der Waals surface area contributed by atoms with Crippen LogP contribution in [0.1, 0.15) is 29.3 Å². The molecule has 160 valence electrons. The van der Waals surface area contributed by atoms with E-state index in [1.54, 1.807) is 67.4 Å². The van der Waals surface area contributed by atoms with Gasteiger partial charge in [-0.25, -0.2) is 9.59 Å². The van der Waals surface area contributed by atoms with Crippen molar-refractivity contribution in [1.29, 1.82) is 0 Å². The Morgan fingerprint density at radius 3 is 2.61 bits per heavy atom. The topological polar surface area (TPSA) is 116 Å². The Balaban J connectivity index is 1.80. The van der Waals surface area contributed by atoms with Gasteiger partial charge in [0.25, 0.3) is 5.91 Å². The van der Waals surface area contributed by atoms with Crippen LogP contribution in [-0.2, 0) is 9.59 Å². The normalized spacial score (nSPS) is 15.5. The van der Waals surface area contributed by atoms with Crippen LogP contribution in [0.3, 0.4) is 0 Å². The van der Waals surface area contributed by atoms with Gasteiger partial charge in [0.2, 0.25) is 0 Å². The molecule has 0 aliphatic carbocycles. The fraction of sp³-hybridized carbons (Fsp3) is 0.182. The lowest BCUT2D eigenvalue weighted by molar-refractivity contribution is -0.145. The highest BCUT2D eigenvalue weighted by molar-refractivity contribution is 8.18. The van der Waals surface area contributed by atoms with Gasteiger partial charge in [-0.3, -0.25) is 4.79 Å². The maximum absolute atomic E-state index is 12.4. The first-order valence-corrected chi connectivity index (χ1v) is 10.2. The second-order valence-electron chi connectivity index (χ2n) is 6.62. The predicted molar refractivity (Wildman–Crippen MR) is 119 cm³/mol. The number of anilines is 1. The van der Waals surface area contributed by atoms with Crippen LogP contribution in [0, 0.1) is 0 Å². The summed E-state index contributed by atoms with van der Waals surface area (Å²) in [5.74, 6) is -2.18. The molecular weight excluding hydrogens is 420 g/mol. The standard InChI is InChI=1S/C22H20N2O6S/c1-3-17(21(28)29)30-14-8-6-7-13(11-14)12-18-19(25)23-22(31-18)24(2)16-10-5-4-9-15(16)20(26)27/h4-12,17H,3H2,1-2H3,(H,26,27)(H,28,29)/b18-12-. The number of hydrogen-bond acceptors (Lipinski definition) is 6. The molecule has 9 heteroatoms. The minimum absolute atomic E-state index is 0.104. The minimum Gasteiger partial charge on any atom is -0.479 e. The van der Waals surface area contributed by atoms with Crippen molar-refractivity contribution in [2.24, 2.45) is 4.99 Å². The number of para-hydroxylation sites is 1. The Bertz CT molecular complexity index is 1090. The summed E-state index contributed by atoms with van der Waals surface area (Å²) in [6.45, 7) is 1.72. The third-order valence-corrected chi connectivity index (χ3v) is 5.53. The number of rotatable bonds is 7. The molecule has 8 nitrogen and oxygen atoms in total. The van der Waals surface area contributed by atoms with E-state index in [2.05, 4.69) is 4.99 Å². The summed E-state index contributed by atoms with van der Waals surface area (Å²) in [7, 11) is 1.65. The number of carboxylic acids is 2. The van der Waals surface area contributed by atoms with Crippen molar-refractivity contribution >= 4 is 46.5 Å². The number of hydrogen-bond donors (Lipinski definition) is 2. The highest BCUT2D eigenvalue weighted by Gasteiger charge is 2.27. The molecule has 0 radical (unpaired) electrons. The zero-order valence-electron chi connectivity index (χ0n) is 16.8. The van der Waals surface area contributed by atoms with Crippen LogP contribution < -0.4 is 9.64 Å². The first kappa shape index (κ1) is 22.1. The number of thioether (sulfide) groups is 1. The number of benzene rings is 2. The van der Waals surface area contributed by atoms with E-state index in [1.807, 2.05) is 0 Å². The van der Waals surface area contributed by atoms with Crippen LogP contribution >= 0.6 is 11.8 Å². The van der Waals surface area contributed by atoms with Gasteiger partial charge in [0.1, 0.15) is 5.75 Å². The van der Waals surface area contributed by atoms with Crippen LogP contribution in [0.2, 0.25) is 0 Å². The number of carbonyl (C=O) groups is 3. The Labute approximate surface area is 182 Å². The summed E-state index contributed by atoms with van der Waals surface area (Å²) in [6, 6.07) is 13.2. The number of amides is 1. The molecule has 2 aromatic carbocycles. The zero-order valence-corrected chi connectivity index (χ0v) is 17.6. The molecular formula is C22H20N2O6S. The van der Waals surface area contributed by atoms with Gasteiger partial charge in [-0.2, -0.15) is 4.99 Å². The molecule has 0 fully saturated rings. The predicted octanol–water partition coefficient (Wildman–Crippen LogP) is 3.73. The second kappa shape index (κ2) is 9.48. The van der Waals surface area contributed by atoms with Crippen LogP contribution in [0.5, 0.6) is 5.75 Å². The van der Waals surface area contributed by atoms with Gasteiger partial charge >= 0.3 is 11.9 Å². The van der Waals surface area contributed by atoms with Gasteiger partial charge in [-0.05, 0) is 54.1 Å². The van der Waals surface area contributed by atoms with E-state index in [-0.39, 0.29) is 5.56 Å². The third kappa shape index (κ3) is 5.13. The molecule has 2 aromatic rings. The van der Waals surface area contributed by atoms with Gasteiger partial charge in [-0.15, -0.1) is 0 Å². The van der Waals surface area contributed by atoms with E-state index in [9.17, 15) is 19.5 Å². The Hall–Kier alpha value is -3.59. The molecule has 0 spiro atoms. The summed E-state index contributed by atoms with van der Waals surface area (Å²) in [6.07, 6.45) is 0.994. The minimum atomic E-state index is -1.07. The number of aliphatic carboxylic acids is 1. The Kier molecular flexibility index (Phi) is 6.76. The lowest BCUT2D eigenvalue weighted by atomic mass is 10.1. The summed E-state index contributed by atoms with van der Waals surface area (Å²) < 4.78 is 5.50. The van der Waals surface area contributed by atoms with Crippen molar-refractivity contribution in [3.63, 3.8) is 0 Å². The molecule has 0 bridgehead atoms. The van der Waals surface area contributed by atoms with Crippen LogP contribution in [-0.4, -0.2) is 46.4 Å². The highest BCUT2D eigenvalue weighted by atomic mass is 32.2. The molecule has 2 N–H and O–H groups in total. The van der Waals surface area contributed by atoms with Gasteiger partial charge in [-0.1, -0.05) is 31.2 Å². The average Bonchev–Trinajstić information content (AvgIpc) is 3.11. The molecule has 1 aliphatic rings. The molecule has 1 atom stereocenters. The lowest BCUT2D eigenvalue weighted by Crippen LogP contribution is -2.25. The number of amidine groups is 1. The first-order chi connectivity index (χ1) is 14.8. The first-order valence-electron chi connectivity index (χ1n) is 9.38. The van der Waals surface area contributed by atoms with E-state index >= 15 is 0 Å².